The zero-order valence-corrected chi connectivity index (χ0v) is 8.31. The molecule has 5 heteroatoms. The first kappa shape index (κ1) is 9.64. The summed E-state index contributed by atoms with van der Waals surface area (Å²) < 4.78 is 14.9. The quantitative estimate of drug-likeness (QED) is 0.828. The normalized spacial score (nSPS) is 10.3. The molecule has 0 atom stereocenters. The van der Waals surface area contributed by atoms with Crippen LogP contribution in [0.3, 0.4) is 0 Å². The molecule has 2 rings (SSSR count). The molecule has 15 heavy (non-hydrogen) atoms. The summed E-state index contributed by atoms with van der Waals surface area (Å²) in [6, 6.07) is 4.80. The van der Waals surface area contributed by atoms with E-state index in [4.69, 9.17) is 0 Å². The maximum Gasteiger partial charge on any atom is 0.165 e. The van der Waals surface area contributed by atoms with Crippen LogP contribution < -0.4 is 5.32 Å². The van der Waals surface area contributed by atoms with Gasteiger partial charge in [-0.05, 0) is 18.2 Å². The van der Waals surface area contributed by atoms with Gasteiger partial charge < -0.3 is 5.32 Å². The highest BCUT2D eigenvalue weighted by Gasteiger charge is 2.02. The van der Waals surface area contributed by atoms with Crippen molar-refractivity contribution in [2.75, 3.05) is 5.32 Å². The lowest BCUT2D eigenvalue weighted by Crippen LogP contribution is -2.07. The van der Waals surface area contributed by atoms with Crippen molar-refractivity contribution in [3.05, 3.63) is 42.1 Å². The number of halogens is 1. The van der Waals surface area contributed by atoms with Gasteiger partial charge >= 0.3 is 0 Å². The van der Waals surface area contributed by atoms with Gasteiger partial charge in [0, 0.05) is 19.4 Å². The lowest BCUT2D eigenvalue weighted by molar-refractivity contribution is 0.623. The lowest BCUT2D eigenvalue weighted by atomic mass is 10.4. The Kier molecular flexibility index (Phi) is 2.62. The van der Waals surface area contributed by atoms with Gasteiger partial charge in [-0.1, -0.05) is 0 Å². The molecule has 0 spiro atoms. The highest BCUT2D eigenvalue weighted by Crippen LogP contribution is 2.09. The van der Waals surface area contributed by atoms with Crippen LogP contribution in [0.1, 0.15) is 5.69 Å². The second-order valence-electron chi connectivity index (χ2n) is 3.13. The van der Waals surface area contributed by atoms with Gasteiger partial charge in [0.1, 0.15) is 0 Å². The summed E-state index contributed by atoms with van der Waals surface area (Å²) in [5, 5.41) is 6.92. The van der Waals surface area contributed by atoms with Gasteiger partial charge in [0.15, 0.2) is 11.6 Å². The topological polar surface area (TPSA) is 42.7 Å². The van der Waals surface area contributed by atoms with Crippen LogP contribution in [-0.2, 0) is 13.6 Å². The minimum atomic E-state index is -0.348. The zero-order valence-electron chi connectivity index (χ0n) is 8.31. The minimum Gasteiger partial charge on any atom is -0.362 e. The third-order valence-electron chi connectivity index (χ3n) is 2.12. The maximum absolute atomic E-state index is 13.2. The molecule has 0 fully saturated rings. The van der Waals surface area contributed by atoms with Crippen molar-refractivity contribution in [3.63, 3.8) is 0 Å². The highest BCUT2D eigenvalue weighted by atomic mass is 19.1. The number of nitrogens with zero attached hydrogens (tertiary/aromatic N) is 3. The van der Waals surface area contributed by atoms with Gasteiger partial charge in [0.25, 0.3) is 0 Å². The molecule has 0 bridgehead atoms. The summed E-state index contributed by atoms with van der Waals surface area (Å²) in [5.41, 5.74) is 0.972. The Bertz CT molecular complexity index is 452. The molecule has 0 radical (unpaired) electrons. The van der Waals surface area contributed by atoms with Crippen LogP contribution in [0.25, 0.3) is 0 Å². The van der Waals surface area contributed by atoms with Gasteiger partial charge in [-0.15, -0.1) is 0 Å². The first-order chi connectivity index (χ1) is 7.27. The Balaban J connectivity index is 2.06. The fourth-order valence-corrected chi connectivity index (χ4v) is 1.26. The van der Waals surface area contributed by atoms with Crippen molar-refractivity contribution < 1.29 is 4.39 Å². The average molecular weight is 206 g/mol. The number of aromatic nitrogens is 3. The van der Waals surface area contributed by atoms with E-state index in [0.717, 1.165) is 5.69 Å². The van der Waals surface area contributed by atoms with Crippen molar-refractivity contribution in [2.45, 2.75) is 6.54 Å². The molecule has 0 saturated heterocycles. The Labute approximate surface area is 86.8 Å². The Hall–Kier alpha value is -1.91. The van der Waals surface area contributed by atoms with Crippen LogP contribution in [0.2, 0.25) is 0 Å². The van der Waals surface area contributed by atoms with E-state index in [2.05, 4.69) is 15.4 Å². The first-order valence-corrected chi connectivity index (χ1v) is 4.58. The number of nitrogens with one attached hydrogen (secondary N) is 1. The van der Waals surface area contributed by atoms with Crippen molar-refractivity contribution in [1.29, 1.82) is 0 Å². The predicted octanol–water partition coefficient (Wildman–Crippen LogP) is 1.57. The summed E-state index contributed by atoms with van der Waals surface area (Å²) in [6.45, 7) is 0.504. The molecule has 0 saturated carbocycles. The number of pyridine rings is 1. The molecular weight excluding hydrogens is 195 g/mol. The van der Waals surface area contributed by atoms with E-state index >= 15 is 0 Å². The van der Waals surface area contributed by atoms with E-state index in [0.29, 0.717) is 6.54 Å². The fourth-order valence-electron chi connectivity index (χ4n) is 1.26. The summed E-state index contributed by atoms with van der Waals surface area (Å²) in [6.07, 6.45) is 3.25. The molecule has 2 heterocycles. The minimum absolute atomic E-state index is 0.263. The summed E-state index contributed by atoms with van der Waals surface area (Å²) in [7, 11) is 1.84. The highest BCUT2D eigenvalue weighted by molar-refractivity contribution is 5.35. The van der Waals surface area contributed by atoms with Gasteiger partial charge in [0.2, 0.25) is 0 Å². The van der Waals surface area contributed by atoms with E-state index in [1.807, 2.05) is 13.1 Å². The predicted molar refractivity (Wildman–Crippen MR) is 54.7 cm³/mol. The lowest BCUT2D eigenvalue weighted by Gasteiger charge is -2.06. The van der Waals surface area contributed by atoms with E-state index in [1.54, 1.807) is 23.1 Å². The molecule has 0 aliphatic rings. The Morgan fingerprint density at radius 3 is 2.93 bits per heavy atom. The van der Waals surface area contributed by atoms with Gasteiger partial charge in [-0.3, -0.25) is 4.68 Å². The molecule has 0 aromatic carbocycles. The molecule has 1 N–H and O–H groups in total. The Morgan fingerprint density at radius 2 is 2.27 bits per heavy atom. The number of hydrogen-bond donors (Lipinski definition) is 1. The second-order valence-corrected chi connectivity index (χ2v) is 3.13. The second kappa shape index (κ2) is 4.08. The standard InChI is InChI=1S/C10H11FN4/c1-15-8(4-6-14-15)7-13-10-9(11)3-2-5-12-10/h2-6H,7H2,1H3,(H,12,13). The van der Waals surface area contributed by atoms with Crippen LogP contribution in [0, 0.1) is 5.82 Å². The summed E-state index contributed by atoms with van der Waals surface area (Å²) >= 11 is 0. The van der Waals surface area contributed by atoms with Crippen LogP contribution in [0.5, 0.6) is 0 Å². The van der Waals surface area contributed by atoms with Crippen LogP contribution >= 0.6 is 0 Å². The Morgan fingerprint density at radius 1 is 1.40 bits per heavy atom. The summed E-state index contributed by atoms with van der Waals surface area (Å²) in [4.78, 5) is 3.89. The van der Waals surface area contributed by atoms with E-state index in [-0.39, 0.29) is 11.6 Å². The SMILES string of the molecule is Cn1nccc1CNc1ncccc1F. The monoisotopic (exact) mass is 206 g/mol. The summed E-state index contributed by atoms with van der Waals surface area (Å²) in [5.74, 6) is -0.0848. The first-order valence-electron chi connectivity index (χ1n) is 4.58. The van der Waals surface area contributed by atoms with Crippen molar-refractivity contribution >= 4 is 5.82 Å². The molecule has 0 aliphatic carbocycles. The van der Waals surface area contributed by atoms with E-state index in [1.165, 1.54) is 6.07 Å². The number of aryl methyl sites for hydroxylation is 1. The number of rotatable bonds is 3. The smallest absolute Gasteiger partial charge is 0.165 e. The molecule has 2 aromatic rings. The molecular formula is C10H11FN4. The van der Waals surface area contributed by atoms with Gasteiger partial charge in [0.05, 0.1) is 12.2 Å². The van der Waals surface area contributed by atoms with Crippen molar-refractivity contribution in [3.8, 4) is 0 Å². The fraction of sp³-hybridized carbons (Fsp3) is 0.200. The maximum atomic E-state index is 13.2. The molecule has 2 aromatic heterocycles. The third-order valence-corrected chi connectivity index (χ3v) is 2.12. The van der Waals surface area contributed by atoms with Gasteiger partial charge in [-0.25, -0.2) is 9.37 Å². The number of hydrogen-bond acceptors (Lipinski definition) is 3. The van der Waals surface area contributed by atoms with Crippen LogP contribution in [0.15, 0.2) is 30.6 Å². The van der Waals surface area contributed by atoms with Crippen molar-refractivity contribution in [1.82, 2.24) is 14.8 Å². The molecule has 0 unspecified atom stereocenters. The van der Waals surface area contributed by atoms with Crippen molar-refractivity contribution in [2.24, 2.45) is 7.05 Å². The zero-order chi connectivity index (χ0) is 10.7. The van der Waals surface area contributed by atoms with Gasteiger partial charge in [-0.2, -0.15) is 5.10 Å². The molecule has 4 nitrogen and oxygen atoms in total. The third kappa shape index (κ3) is 2.12. The number of anilines is 1. The van der Waals surface area contributed by atoms with E-state index in [9.17, 15) is 4.39 Å². The molecule has 78 valence electrons. The molecule has 0 amide bonds. The molecule has 0 aliphatic heterocycles. The van der Waals surface area contributed by atoms with E-state index < -0.39 is 0 Å². The largest absolute Gasteiger partial charge is 0.362 e. The van der Waals surface area contributed by atoms with Crippen LogP contribution in [0.4, 0.5) is 10.2 Å². The van der Waals surface area contributed by atoms with Crippen LogP contribution in [-0.4, -0.2) is 14.8 Å². The average Bonchev–Trinajstić information content (AvgIpc) is 2.63.